The van der Waals surface area contributed by atoms with E-state index >= 15 is 0 Å². The summed E-state index contributed by atoms with van der Waals surface area (Å²) in [5.41, 5.74) is 1.35. The summed E-state index contributed by atoms with van der Waals surface area (Å²) in [7, 11) is 3.56. The third-order valence-corrected chi connectivity index (χ3v) is 2.46. The lowest BCUT2D eigenvalue weighted by Crippen LogP contribution is -2.22. The van der Waals surface area contributed by atoms with Crippen LogP contribution >= 0.6 is 11.6 Å². The van der Waals surface area contributed by atoms with E-state index in [1.54, 1.807) is 13.2 Å². The molecule has 80 valence electrons. The molecule has 4 heteroatoms. The molecule has 0 fully saturated rings. The highest BCUT2D eigenvalue weighted by molar-refractivity contribution is 6.32. The summed E-state index contributed by atoms with van der Waals surface area (Å²) in [6.07, 6.45) is 0. The van der Waals surface area contributed by atoms with Crippen molar-refractivity contribution in [1.29, 1.82) is 5.26 Å². The Morgan fingerprint density at radius 2 is 2.27 bits per heavy atom. The van der Waals surface area contributed by atoms with E-state index in [9.17, 15) is 0 Å². The van der Waals surface area contributed by atoms with Gasteiger partial charge in [-0.3, -0.25) is 0 Å². The van der Waals surface area contributed by atoms with Crippen molar-refractivity contribution in [1.82, 2.24) is 0 Å². The van der Waals surface area contributed by atoms with E-state index in [4.69, 9.17) is 21.6 Å². The smallest absolute Gasteiger partial charge is 0.103 e. The average Bonchev–Trinajstić information content (AvgIpc) is 2.25. The summed E-state index contributed by atoms with van der Waals surface area (Å²) in [5.74, 6) is 0. The van der Waals surface area contributed by atoms with Crippen molar-refractivity contribution in [3.8, 4) is 6.07 Å². The van der Waals surface area contributed by atoms with E-state index in [0.717, 1.165) is 12.2 Å². The monoisotopic (exact) mass is 224 g/mol. The minimum Gasteiger partial charge on any atom is -0.383 e. The maximum Gasteiger partial charge on any atom is 0.103 e. The van der Waals surface area contributed by atoms with Gasteiger partial charge < -0.3 is 9.64 Å². The highest BCUT2D eigenvalue weighted by Gasteiger charge is 2.09. The summed E-state index contributed by atoms with van der Waals surface area (Å²) in [5, 5.41) is 9.47. The molecular formula is C11H13ClN2O. The number of benzene rings is 1. The highest BCUT2D eigenvalue weighted by Crippen LogP contribution is 2.25. The first kappa shape index (κ1) is 11.8. The number of nitrogens with zero attached hydrogens (tertiary/aromatic N) is 2. The minimum absolute atomic E-state index is 0.485. The highest BCUT2D eigenvalue weighted by atomic mass is 35.5. The molecule has 0 bridgehead atoms. The number of ether oxygens (including phenoxy) is 1. The normalized spacial score (nSPS) is 9.73. The van der Waals surface area contributed by atoms with Crippen molar-refractivity contribution in [2.75, 3.05) is 32.2 Å². The molecule has 0 atom stereocenters. The van der Waals surface area contributed by atoms with Gasteiger partial charge in [-0.2, -0.15) is 5.26 Å². The maximum absolute atomic E-state index is 8.98. The first-order valence-electron chi connectivity index (χ1n) is 4.59. The zero-order valence-corrected chi connectivity index (χ0v) is 9.58. The second kappa shape index (κ2) is 5.59. The van der Waals surface area contributed by atoms with E-state index in [1.807, 2.05) is 24.1 Å². The standard InChI is InChI=1S/C11H13ClN2O/c1-14(6-7-15-2)11-5-3-4-10(12)9(11)8-13/h3-5H,6-7H2,1-2H3. The number of methoxy groups -OCH3 is 1. The van der Waals surface area contributed by atoms with Crippen LogP contribution in [0.15, 0.2) is 18.2 Å². The predicted octanol–water partition coefficient (Wildman–Crippen LogP) is 2.29. The van der Waals surface area contributed by atoms with Crippen molar-refractivity contribution in [2.24, 2.45) is 0 Å². The number of likely N-dealkylation sites (N-methyl/N-ethyl adjacent to an activating group) is 1. The van der Waals surface area contributed by atoms with Gasteiger partial charge in [0.05, 0.1) is 22.9 Å². The maximum atomic E-state index is 8.98. The molecule has 1 rings (SSSR count). The first-order chi connectivity index (χ1) is 7.20. The zero-order chi connectivity index (χ0) is 11.3. The van der Waals surface area contributed by atoms with E-state index in [1.165, 1.54) is 0 Å². The summed E-state index contributed by atoms with van der Waals surface area (Å²) < 4.78 is 4.98. The summed E-state index contributed by atoms with van der Waals surface area (Å²) >= 11 is 5.93. The Morgan fingerprint density at radius 3 is 2.87 bits per heavy atom. The molecule has 0 radical (unpaired) electrons. The Morgan fingerprint density at radius 1 is 1.53 bits per heavy atom. The molecule has 0 aliphatic heterocycles. The molecule has 1 aromatic carbocycles. The van der Waals surface area contributed by atoms with Crippen LogP contribution < -0.4 is 4.90 Å². The molecule has 0 aliphatic carbocycles. The van der Waals surface area contributed by atoms with Crippen LogP contribution in [0.1, 0.15) is 5.56 Å². The van der Waals surface area contributed by atoms with Gasteiger partial charge in [-0.05, 0) is 12.1 Å². The lowest BCUT2D eigenvalue weighted by Gasteiger charge is -2.20. The van der Waals surface area contributed by atoms with Crippen LogP contribution in [0.3, 0.4) is 0 Å². The van der Waals surface area contributed by atoms with Crippen molar-refractivity contribution in [3.05, 3.63) is 28.8 Å². The van der Waals surface area contributed by atoms with Crippen molar-refractivity contribution in [3.63, 3.8) is 0 Å². The number of hydrogen-bond donors (Lipinski definition) is 0. The molecule has 0 aliphatic rings. The molecule has 0 heterocycles. The van der Waals surface area contributed by atoms with E-state index in [-0.39, 0.29) is 0 Å². The van der Waals surface area contributed by atoms with E-state index in [0.29, 0.717) is 17.2 Å². The molecule has 3 nitrogen and oxygen atoms in total. The number of nitriles is 1. The van der Waals surface area contributed by atoms with Crippen molar-refractivity contribution < 1.29 is 4.74 Å². The Labute approximate surface area is 94.8 Å². The van der Waals surface area contributed by atoms with Crippen molar-refractivity contribution >= 4 is 17.3 Å². The Balaban J connectivity index is 2.93. The molecule has 0 spiro atoms. The first-order valence-corrected chi connectivity index (χ1v) is 4.97. The molecule has 0 saturated heterocycles. The van der Waals surface area contributed by atoms with Gasteiger partial charge in [-0.25, -0.2) is 0 Å². The Hall–Kier alpha value is -1.24. The number of hydrogen-bond acceptors (Lipinski definition) is 3. The van der Waals surface area contributed by atoms with Crippen LogP contribution in [0.25, 0.3) is 0 Å². The lowest BCUT2D eigenvalue weighted by molar-refractivity contribution is 0.206. The molecule has 1 aromatic rings. The topological polar surface area (TPSA) is 36.3 Å². The number of rotatable bonds is 4. The molecule has 15 heavy (non-hydrogen) atoms. The number of anilines is 1. The van der Waals surface area contributed by atoms with Gasteiger partial charge in [-0.1, -0.05) is 17.7 Å². The lowest BCUT2D eigenvalue weighted by atomic mass is 10.2. The predicted molar refractivity (Wildman–Crippen MR) is 61.3 cm³/mol. The quantitative estimate of drug-likeness (QED) is 0.788. The third-order valence-electron chi connectivity index (χ3n) is 2.15. The Kier molecular flexibility index (Phi) is 4.41. The molecule has 0 N–H and O–H groups in total. The van der Waals surface area contributed by atoms with Crippen LogP contribution in [0.4, 0.5) is 5.69 Å². The summed E-state index contributed by atoms with van der Waals surface area (Å²) in [6.45, 7) is 1.35. The summed E-state index contributed by atoms with van der Waals surface area (Å²) in [6, 6.07) is 7.53. The molecule has 0 saturated carbocycles. The third kappa shape index (κ3) is 2.85. The van der Waals surface area contributed by atoms with Crippen LogP contribution in [0, 0.1) is 11.3 Å². The largest absolute Gasteiger partial charge is 0.383 e. The van der Waals surface area contributed by atoms with Gasteiger partial charge in [0.25, 0.3) is 0 Å². The van der Waals surface area contributed by atoms with Gasteiger partial charge in [0, 0.05) is 20.7 Å². The van der Waals surface area contributed by atoms with Gasteiger partial charge in [-0.15, -0.1) is 0 Å². The second-order valence-electron chi connectivity index (χ2n) is 3.16. The van der Waals surface area contributed by atoms with Gasteiger partial charge in [0.2, 0.25) is 0 Å². The van der Waals surface area contributed by atoms with Crippen molar-refractivity contribution in [2.45, 2.75) is 0 Å². The second-order valence-corrected chi connectivity index (χ2v) is 3.57. The van der Waals surface area contributed by atoms with E-state index < -0.39 is 0 Å². The fourth-order valence-electron chi connectivity index (χ4n) is 1.29. The van der Waals surface area contributed by atoms with Crippen LogP contribution in [-0.4, -0.2) is 27.3 Å². The molecule has 0 amide bonds. The number of halogens is 1. The van der Waals surface area contributed by atoms with Gasteiger partial charge in [0.1, 0.15) is 6.07 Å². The Bertz CT molecular complexity index is 373. The fourth-order valence-corrected chi connectivity index (χ4v) is 1.50. The SMILES string of the molecule is COCCN(C)c1cccc(Cl)c1C#N. The summed E-state index contributed by atoms with van der Waals surface area (Å²) in [4.78, 5) is 1.95. The van der Waals surface area contributed by atoms with E-state index in [2.05, 4.69) is 6.07 Å². The molecular weight excluding hydrogens is 212 g/mol. The van der Waals surface area contributed by atoms with Gasteiger partial charge in [0.15, 0.2) is 0 Å². The zero-order valence-electron chi connectivity index (χ0n) is 8.83. The van der Waals surface area contributed by atoms with Gasteiger partial charge >= 0.3 is 0 Å². The fraction of sp³-hybridized carbons (Fsp3) is 0.364. The molecule has 0 aromatic heterocycles. The van der Waals surface area contributed by atoms with Crippen LogP contribution in [0.2, 0.25) is 5.02 Å². The van der Waals surface area contributed by atoms with Crippen LogP contribution in [-0.2, 0) is 4.74 Å². The van der Waals surface area contributed by atoms with Crippen LogP contribution in [0.5, 0.6) is 0 Å². The molecule has 0 unspecified atom stereocenters. The average molecular weight is 225 g/mol. The minimum atomic E-state index is 0.485.